The fourth-order valence-corrected chi connectivity index (χ4v) is 2.65. The number of likely N-dealkylation sites (tertiary alicyclic amines) is 1. The minimum Gasteiger partial charge on any atom is -0.444 e. The van der Waals surface area contributed by atoms with Crippen LogP contribution in [0.5, 0.6) is 0 Å². The monoisotopic (exact) mass is 291 g/mol. The fraction of sp³-hybridized carbons (Fsp3) is 0.625. The smallest absolute Gasteiger partial charge is 0.410 e. The Labute approximate surface area is 126 Å². The van der Waals surface area contributed by atoms with Crippen LogP contribution in [0.4, 0.5) is 10.5 Å². The van der Waals surface area contributed by atoms with E-state index in [4.69, 9.17) is 10.5 Å². The normalized spacial score (nSPS) is 20.0. The molecule has 0 bridgehead atoms. The number of amides is 1. The largest absolute Gasteiger partial charge is 0.444 e. The molecule has 116 valence electrons. The van der Waals surface area contributed by atoms with Crippen molar-refractivity contribution in [3.05, 3.63) is 24.0 Å². The van der Waals surface area contributed by atoms with Gasteiger partial charge in [-0.25, -0.2) is 4.79 Å². The van der Waals surface area contributed by atoms with E-state index < -0.39 is 5.60 Å². The minimum atomic E-state index is -0.484. The molecule has 1 aromatic heterocycles. The topological polar surface area (TPSA) is 68.5 Å². The molecule has 2 N–H and O–H groups in total. The molecule has 2 heterocycles. The molecule has 1 aliphatic heterocycles. The summed E-state index contributed by atoms with van der Waals surface area (Å²) in [4.78, 5) is 18.5. The van der Waals surface area contributed by atoms with E-state index in [0.717, 1.165) is 31.2 Å². The highest BCUT2D eigenvalue weighted by atomic mass is 16.6. The maximum Gasteiger partial charge on any atom is 0.410 e. The first-order chi connectivity index (χ1) is 9.87. The van der Waals surface area contributed by atoms with Crippen LogP contribution in [0.1, 0.15) is 58.1 Å². The predicted octanol–water partition coefficient (Wildman–Crippen LogP) is 3.52. The van der Waals surface area contributed by atoms with Crippen molar-refractivity contribution in [2.75, 3.05) is 12.3 Å². The van der Waals surface area contributed by atoms with Crippen molar-refractivity contribution >= 4 is 11.8 Å². The molecule has 1 aliphatic rings. The van der Waals surface area contributed by atoms with Crippen molar-refractivity contribution in [3.63, 3.8) is 0 Å². The van der Waals surface area contributed by atoms with E-state index in [0.29, 0.717) is 12.2 Å². The van der Waals surface area contributed by atoms with E-state index in [1.165, 1.54) is 0 Å². The zero-order chi connectivity index (χ0) is 15.5. The molecule has 1 atom stereocenters. The van der Waals surface area contributed by atoms with E-state index >= 15 is 0 Å². The van der Waals surface area contributed by atoms with Crippen LogP contribution < -0.4 is 5.73 Å². The third-order valence-corrected chi connectivity index (χ3v) is 3.55. The zero-order valence-electron chi connectivity index (χ0n) is 13.1. The highest BCUT2D eigenvalue weighted by Crippen LogP contribution is 2.31. The quantitative estimate of drug-likeness (QED) is 0.859. The average Bonchev–Trinajstić information content (AvgIpc) is 2.62. The second-order valence-corrected chi connectivity index (χ2v) is 6.59. The van der Waals surface area contributed by atoms with Crippen molar-refractivity contribution in [1.29, 1.82) is 0 Å². The van der Waals surface area contributed by atoms with Gasteiger partial charge < -0.3 is 15.4 Å². The number of nitrogens with two attached hydrogens (primary N) is 1. The number of anilines is 1. The SMILES string of the molecule is CC(C)(C)OC(=O)N1CCCCC[C@H]1c1cncc(N)c1. The van der Waals surface area contributed by atoms with Gasteiger partial charge in [0.15, 0.2) is 0 Å². The number of hydrogen-bond acceptors (Lipinski definition) is 4. The first-order valence-electron chi connectivity index (χ1n) is 7.57. The average molecular weight is 291 g/mol. The molecule has 1 amide bonds. The van der Waals surface area contributed by atoms with Gasteiger partial charge in [-0.3, -0.25) is 4.98 Å². The number of nitrogens with zero attached hydrogens (tertiary/aromatic N) is 2. The van der Waals surface area contributed by atoms with Crippen LogP contribution in [-0.2, 0) is 4.74 Å². The molecular formula is C16H25N3O2. The molecule has 0 unspecified atom stereocenters. The summed E-state index contributed by atoms with van der Waals surface area (Å²) in [5.41, 5.74) is 6.96. The third-order valence-electron chi connectivity index (χ3n) is 3.55. The lowest BCUT2D eigenvalue weighted by Gasteiger charge is -2.32. The van der Waals surface area contributed by atoms with Crippen LogP contribution in [0.2, 0.25) is 0 Å². The summed E-state index contributed by atoms with van der Waals surface area (Å²) >= 11 is 0. The molecule has 1 aromatic rings. The van der Waals surface area contributed by atoms with Crippen molar-refractivity contribution in [2.45, 2.75) is 58.1 Å². The zero-order valence-corrected chi connectivity index (χ0v) is 13.1. The number of aromatic nitrogens is 1. The van der Waals surface area contributed by atoms with Crippen LogP contribution >= 0.6 is 0 Å². The van der Waals surface area contributed by atoms with Gasteiger partial charge in [0.1, 0.15) is 5.60 Å². The molecule has 0 aromatic carbocycles. The highest BCUT2D eigenvalue weighted by Gasteiger charge is 2.30. The van der Waals surface area contributed by atoms with Crippen LogP contribution in [0.25, 0.3) is 0 Å². The summed E-state index contributed by atoms with van der Waals surface area (Å²) < 4.78 is 5.55. The number of ether oxygens (including phenoxy) is 1. The number of nitrogen functional groups attached to an aromatic ring is 1. The van der Waals surface area contributed by atoms with Gasteiger partial charge in [-0.15, -0.1) is 0 Å². The van der Waals surface area contributed by atoms with E-state index in [9.17, 15) is 4.79 Å². The summed E-state index contributed by atoms with van der Waals surface area (Å²) in [7, 11) is 0. The molecule has 2 rings (SSSR count). The Balaban J connectivity index is 2.24. The van der Waals surface area contributed by atoms with Crippen molar-refractivity contribution in [3.8, 4) is 0 Å². The molecule has 1 fully saturated rings. The van der Waals surface area contributed by atoms with Gasteiger partial charge in [0, 0.05) is 18.9 Å². The Kier molecular flexibility index (Phi) is 4.70. The van der Waals surface area contributed by atoms with Gasteiger partial charge in [-0.1, -0.05) is 12.8 Å². The van der Waals surface area contributed by atoms with Crippen LogP contribution in [0, 0.1) is 0 Å². The van der Waals surface area contributed by atoms with Crippen LogP contribution in [0.3, 0.4) is 0 Å². The highest BCUT2D eigenvalue weighted by molar-refractivity contribution is 5.69. The lowest BCUT2D eigenvalue weighted by atomic mass is 10.0. The number of pyridine rings is 1. The maximum absolute atomic E-state index is 12.5. The van der Waals surface area contributed by atoms with Gasteiger partial charge in [0.05, 0.1) is 11.7 Å². The first kappa shape index (κ1) is 15.6. The van der Waals surface area contributed by atoms with Gasteiger partial charge in [-0.05, 0) is 45.2 Å². The fourth-order valence-electron chi connectivity index (χ4n) is 2.65. The number of rotatable bonds is 1. The third kappa shape index (κ3) is 4.34. The molecule has 0 saturated carbocycles. The molecule has 0 radical (unpaired) electrons. The lowest BCUT2D eigenvalue weighted by Crippen LogP contribution is -2.39. The van der Waals surface area contributed by atoms with Gasteiger partial charge in [0.25, 0.3) is 0 Å². The molecule has 5 heteroatoms. The van der Waals surface area contributed by atoms with Crippen LogP contribution in [-0.4, -0.2) is 28.1 Å². The molecule has 0 aliphatic carbocycles. The Morgan fingerprint density at radius 1 is 1.33 bits per heavy atom. The molecule has 5 nitrogen and oxygen atoms in total. The summed E-state index contributed by atoms with van der Waals surface area (Å²) in [6.45, 7) is 6.38. The molecule has 21 heavy (non-hydrogen) atoms. The van der Waals surface area contributed by atoms with E-state index in [1.807, 2.05) is 31.7 Å². The minimum absolute atomic E-state index is 0.00153. The molecular weight excluding hydrogens is 266 g/mol. The van der Waals surface area contributed by atoms with Crippen molar-refractivity contribution < 1.29 is 9.53 Å². The Morgan fingerprint density at radius 3 is 2.76 bits per heavy atom. The first-order valence-corrected chi connectivity index (χ1v) is 7.57. The molecule has 1 saturated heterocycles. The van der Waals surface area contributed by atoms with Crippen molar-refractivity contribution in [2.24, 2.45) is 0 Å². The number of hydrogen-bond donors (Lipinski definition) is 1. The predicted molar refractivity (Wildman–Crippen MR) is 82.8 cm³/mol. The summed E-state index contributed by atoms with van der Waals surface area (Å²) in [5.74, 6) is 0. The standard InChI is InChI=1S/C16H25N3O2/c1-16(2,3)21-15(20)19-8-6-4-5-7-14(19)12-9-13(17)11-18-10-12/h9-11,14H,4-8,17H2,1-3H3/t14-/m0/s1. The van der Waals surface area contributed by atoms with E-state index in [-0.39, 0.29) is 12.1 Å². The Bertz CT molecular complexity index is 497. The lowest BCUT2D eigenvalue weighted by molar-refractivity contribution is 0.0163. The van der Waals surface area contributed by atoms with Crippen LogP contribution in [0.15, 0.2) is 18.5 Å². The number of carbonyl (C=O) groups excluding carboxylic acids is 1. The van der Waals surface area contributed by atoms with Gasteiger partial charge in [0.2, 0.25) is 0 Å². The van der Waals surface area contributed by atoms with E-state index in [2.05, 4.69) is 4.98 Å². The summed E-state index contributed by atoms with van der Waals surface area (Å²) in [5, 5.41) is 0. The van der Waals surface area contributed by atoms with Crippen molar-refractivity contribution in [1.82, 2.24) is 9.88 Å². The Morgan fingerprint density at radius 2 is 2.10 bits per heavy atom. The van der Waals surface area contributed by atoms with E-state index in [1.54, 1.807) is 12.4 Å². The second kappa shape index (κ2) is 6.33. The Hall–Kier alpha value is -1.78. The number of carbonyl (C=O) groups is 1. The molecule has 0 spiro atoms. The summed E-state index contributed by atoms with van der Waals surface area (Å²) in [6.07, 6.45) is 7.32. The van der Waals surface area contributed by atoms with Gasteiger partial charge in [-0.2, -0.15) is 0 Å². The second-order valence-electron chi connectivity index (χ2n) is 6.59. The maximum atomic E-state index is 12.5. The summed E-state index contributed by atoms with van der Waals surface area (Å²) in [6, 6.07) is 1.90. The van der Waals surface area contributed by atoms with Gasteiger partial charge >= 0.3 is 6.09 Å².